The van der Waals surface area contributed by atoms with Crippen LogP contribution in [0, 0.1) is 17.3 Å². The molecule has 2 saturated carbocycles. The first kappa shape index (κ1) is 15.4. The summed E-state index contributed by atoms with van der Waals surface area (Å²) in [4.78, 5) is 0. The van der Waals surface area contributed by atoms with Gasteiger partial charge >= 0.3 is 0 Å². The number of hydrogen-bond acceptors (Lipinski definition) is 2. The van der Waals surface area contributed by atoms with Gasteiger partial charge in [-0.3, -0.25) is 0 Å². The zero-order chi connectivity index (χ0) is 14.7. The molecule has 2 bridgehead atoms. The molecule has 1 aromatic rings. The van der Waals surface area contributed by atoms with Gasteiger partial charge in [0.25, 0.3) is 0 Å². The van der Waals surface area contributed by atoms with Gasteiger partial charge < -0.3 is 10.1 Å². The second kappa shape index (κ2) is 6.70. The van der Waals surface area contributed by atoms with Crippen LogP contribution in [0.5, 0.6) is 5.75 Å². The number of ether oxygens (including phenoxy) is 1. The number of rotatable bonds is 7. The van der Waals surface area contributed by atoms with E-state index in [0.29, 0.717) is 5.41 Å². The lowest BCUT2D eigenvalue weighted by atomic mass is 9.71. The van der Waals surface area contributed by atoms with E-state index in [1.165, 1.54) is 38.6 Å². The van der Waals surface area contributed by atoms with Gasteiger partial charge in [0.1, 0.15) is 5.75 Å². The molecule has 3 atom stereocenters. The van der Waals surface area contributed by atoms with E-state index in [9.17, 15) is 0 Å². The average Bonchev–Trinajstić information content (AvgIpc) is 3.08. The molecule has 0 heterocycles. The highest BCUT2D eigenvalue weighted by molar-refractivity contribution is 9.10. The molecule has 0 spiro atoms. The predicted octanol–water partition coefficient (Wildman–Crippen LogP) is 4.63. The molecule has 0 aromatic heterocycles. The quantitative estimate of drug-likeness (QED) is 0.772. The van der Waals surface area contributed by atoms with Crippen LogP contribution in [-0.4, -0.2) is 19.7 Å². The lowest BCUT2D eigenvalue weighted by molar-refractivity contribution is 0.115. The minimum absolute atomic E-state index is 0.494. The van der Waals surface area contributed by atoms with Crippen LogP contribution < -0.4 is 10.1 Å². The first-order chi connectivity index (χ1) is 10.2. The summed E-state index contributed by atoms with van der Waals surface area (Å²) < 4.78 is 7.09. The first-order valence-electron chi connectivity index (χ1n) is 8.31. The van der Waals surface area contributed by atoms with E-state index in [4.69, 9.17) is 4.74 Å². The molecule has 2 fully saturated rings. The van der Waals surface area contributed by atoms with Crippen LogP contribution in [-0.2, 0) is 0 Å². The minimum Gasteiger partial charge on any atom is -0.494 e. The third-order valence-electron chi connectivity index (χ3n) is 5.51. The van der Waals surface area contributed by atoms with Crippen LogP contribution in [0.15, 0.2) is 28.7 Å². The average molecular weight is 352 g/mol. The predicted molar refractivity (Wildman–Crippen MR) is 90.7 cm³/mol. The Morgan fingerprint density at radius 3 is 2.71 bits per heavy atom. The standard InChI is InChI=1S/C18H26BrNO/c1-2-20-13-18(12-14-3-4-15(18)11-14)9-10-21-17-7-5-16(19)6-8-17/h5-8,14-15,20H,2-4,9-13H2,1H3. The van der Waals surface area contributed by atoms with E-state index in [0.717, 1.165) is 35.2 Å². The van der Waals surface area contributed by atoms with Crippen molar-refractivity contribution in [1.29, 1.82) is 0 Å². The van der Waals surface area contributed by atoms with Crippen molar-refractivity contribution >= 4 is 15.9 Å². The van der Waals surface area contributed by atoms with Gasteiger partial charge in [0, 0.05) is 11.0 Å². The van der Waals surface area contributed by atoms with Crippen molar-refractivity contribution in [2.45, 2.75) is 39.0 Å². The summed E-state index contributed by atoms with van der Waals surface area (Å²) in [5.74, 6) is 2.90. The smallest absolute Gasteiger partial charge is 0.119 e. The molecule has 2 aliphatic carbocycles. The first-order valence-corrected chi connectivity index (χ1v) is 9.10. The molecule has 2 aliphatic rings. The highest BCUT2D eigenvalue weighted by Gasteiger charge is 2.50. The highest BCUT2D eigenvalue weighted by Crippen LogP contribution is 2.57. The maximum atomic E-state index is 5.99. The van der Waals surface area contributed by atoms with Gasteiger partial charge in [-0.1, -0.05) is 29.3 Å². The Kier molecular flexibility index (Phi) is 4.90. The molecule has 116 valence electrons. The topological polar surface area (TPSA) is 21.3 Å². The Hall–Kier alpha value is -0.540. The summed E-state index contributed by atoms with van der Waals surface area (Å²) >= 11 is 3.46. The van der Waals surface area contributed by atoms with Crippen molar-refractivity contribution in [2.75, 3.05) is 19.7 Å². The fourth-order valence-electron chi connectivity index (χ4n) is 4.45. The Balaban J connectivity index is 1.56. The maximum Gasteiger partial charge on any atom is 0.119 e. The summed E-state index contributed by atoms with van der Waals surface area (Å²) in [7, 11) is 0. The lowest BCUT2D eigenvalue weighted by Crippen LogP contribution is -2.39. The molecule has 0 amide bonds. The molecule has 21 heavy (non-hydrogen) atoms. The molecule has 2 nitrogen and oxygen atoms in total. The fourth-order valence-corrected chi connectivity index (χ4v) is 4.71. The number of benzene rings is 1. The molecular weight excluding hydrogens is 326 g/mol. The number of fused-ring (bicyclic) bond motifs is 2. The fraction of sp³-hybridized carbons (Fsp3) is 0.667. The molecule has 3 heteroatoms. The number of hydrogen-bond donors (Lipinski definition) is 1. The van der Waals surface area contributed by atoms with E-state index in [-0.39, 0.29) is 0 Å². The van der Waals surface area contributed by atoms with Gasteiger partial charge in [-0.05, 0) is 73.7 Å². The second-order valence-electron chi connectivity index (χ2n) is 6.78. The SMILES string of the molecule is CCNCC1(CCOc2ccc(Br)cc2)CC2CCC1C2. The third kappa shape index (κ3) is 3.45. The molecule has 3 unspecified atom stereocenters. The summed E-state index contributed by atoms with van der Waals surface area (Å²) in [6.45, 7) is 5.30. The van der Waals surface area contributed by atoms with Crippen molar-refractivity contribution < 1.29 is 4.74 Å². The normalized spacial score (nSPS) is 30.8. The van der Waals surface area contributed by atoms with Crippen LogP contribution >= 0.6 is 15.9 Å². The van der Waals surface area contributed by atoms with Crippen molar-refractivity contribution in [2.24, 2.45) is 17.3 Å². The summed E-state index contributed by atoms with van der Waals surface area (Å²) in [6.07, 6.45) is 6.97. The van der Waals surface area contributed by atoms with Crippen LogP contribution in [0.25, 0.3) is 0 Å². The number of halogens is 1. The highest BCUT2D eigenvalue weighted by atomic mass is 79.9. The second-order valence-corrected chi connectivity index (χ2v) is 7.69. The molecule has 1 aromatic carbocycles. The van der Waals surface area contributed by atoms with Gasteiger partial charge in [-0.2, -0.15) is 0 Å². The van der Waals surface area contributed by atoms with Crippen LogP contribution in [0.4, 0.5) is 0 Å². The van der Waals surface area contributed by atoms with Gasteiger partial charge in [0.05, 0.1) is 6.61 Å². The summed E-state index contributed by atoms with van der Waals surface area (Å²) in [6, 6.07) is 8.17. The minimum atomic E-state index is 0.494. The van der Waals surface area contributed by atoms with Crippen LogP contribution in [0.1, 0.15) is 39.0 Å². The largest absolute Gasteiger partial charge is 0.494 e. The third-order valence-corrected chi connectivity index (χ3v) is 6.04. The zero-order valence-corrected chi connectivity index (χ0v) is 14.5. The van der Waals surface area contributed by atoms with Crippen LogP contribution in [0.3, 0.4) is 0 Å². The maximum absolute atomic E-state index is 5.99. The van der Waals surface area contributed by atoms with Gasteiger partial charge in [0.15, 0.2) is 0 Å². The Morgan fingerprint density at radius 1 is 1.29 bits per heavy atom. The molecule has 0 radical (unpaired) electrons. The van der Waals surface area contributed by atoms with Gasteiger partial charge in [-0.25, -0.2) is 0 Å². The molecule has 0 saturated heterocycles. The van der Waals surface area contributed by atoms with Crippen molar-refractivity contribution in [3.05, 3.63) is 28.7 Å². The Bertz CT molecular complexity index is 461. The summed E-state index contributed by atoms with van der Waals surface area (Å²) in [5, 5.41) is 3.61. The molecule has 0 aliphatic heterocycles. The van der Waals surface area contributed by atoms with E-state index in [1.807, 2.05) is 24.3 Å². The Labute approximate surface area is 136 Å². The van der Waals surface area contributed by atoms with Crippen molar-refractivity contribution in [1.82, 2.24) is 5.32 Å². The monoisotopic (exact) mass is 351 g/mol. The molecular formula is C18H26BrNO. The van der Waals surface area contributed by atoms with E-state index >= 15 is 0 Å². The molecule has 3 rings (SSSR count). The lowest BCUT2D eigenvalue weighted by Gasteiger charge is -2.38. The van der Waals surface area contributed by atoms with Crippen molar-refractivity contribution in [3.8, 4) is 5.75 Å². The molecule has 1 N–H and O–H groups in total. The zero-order valence-electron chi connectivity index (χ0n) is 12.9. The van der Waals surface area contributed by atoms with E-state index in [2.05, 4.69) is 28.2 Å². The Morgan fingerprint density at radius 2 is 2.10 bits per heavy atom. The van der Waals surface area contributed by atoms with Gasteiger partial charge in [-0.15, -0.1) is 0 Å². The van der Waals surface area contributed by atoms with Crippen molar-refractivity contribution in [3.63, 3.8) is 0 Å². The summed E-state index contributed by atoms with van der Waals surface area (Å²) in [5.41, 5.74) is 0.494. The van der Waals surface area contributed by atoms with Gasteiger partial charge in [0.2, 0.25) is 0 Å². The van der Waals surface area contributed by atoms with Crippen LogP contribution in [0.2, 0.25) is 0 Å². The van der Waals surface area contributed by atoms with E-state index in [1.54, 1.807) is 0 Å². The van der Waals surface area contributed by atoms with E-state index < -0.39 is 0 Å². The number of nitrogens with one attached hydrogen (secondary N) is 1.